The van der Waals surface area contributed by atoms with Crippen LogP contribution in [0.5, 0.6) is 0 Å². The van der Waals surface area contributed by atoms with Crippen LogP contribution in [0.25, 0.3) is 0 Å². The van der Waals surface area contributed by atoms with Gasteiger partial charge < -0.3 is 9.74 Å². The van der Waals surface area contributed by atoms with Crippen molar-refractivity contribution < 1.29 is 14.0 Å². The van der Waals surface area contributed by atoms with Gasteiger partial charge in [-0.05, 0) is 35.2 Å². The number of carbonyl (C=O) groups excluding carboxylic acids is 1. The topological polar surface area (TPSA) is 41.9 Å². The van der Waals surface area contributed by atoms with E-state index in [0.717, 1.165) is 6.42 Å². The van der Waals surface area contributed by atoms with E-state index in [1.54, 1.807) is 17.0 Å². The Balaban J connectivity index is 1.50. The molecule has 0 atom stereocenters. The molecular formula is C18H17FN2O2. The van der Waals surface area contributed by atoms with Crippen LogP contribution in [0.2, 0.25) is 0 Å². The molecule has 3 rings (SSSR count). The Kier molecular flexibility index (Phi) is 4.66. The van der Waals surface area contributed by atoms with Crippen molar-refractivity contribution in [3.8, 4) is 0 Å². The highest BCUT2D eigenvalue weighted by Gasteiger charge is 2.20. The van der Waals surface area contributed by atoms with E-state index in [9.17, 15) is 9.18 Å². The number of carbonyl (C=O) groups is 1. The highest BCUT2D eigenvalue weighted by atomic mass is 19.1. The molecule has 0 bridgehead atoms. The summed E-state index contributed by atoms with van der Waals surface area (Å²) in [4.78, 5) is 18.9. The molecule has 0 fully saturated rings. The first-order valence-electron chi connectivity index (χ1n) is 7.48. The van der Waals surface area contributed by atoms with E-state index in [1.165, 1.54) is 29.5 Å². The van der Waals surface area contributed by atoms with E-state index in [2.05, 4.69) is 11.2 Å². The highest BCUT2D eigenvalue weighted by molar-refractivity contribution is 5.80. The van der Waals surface area contributed by atoms with Crippen molar-refractivity contribution in [1.82, 2.24) is 4.90 Å². The SMILES string of the molecule is O=C(CO/N=C\c1cccc(F)c1)N1CCc2ccccc2C1. The van der Waals surface area contributed by atoms with E-state index in [-0.39, 0.29) is 18.3 Å². The van der Waals surface area contributed by atoms with Crippen LogP contribution in [-0.2, 0) is 22.6 Å². The average Bonchev–Trinajstić information content (AvgIpc) is 2.58. The Hall–Kier alpha value is -2.69. The fourth-order valence-corrected chi connectivity index (χ4v) is 2.58. The van der Waals surface area contributed by atoms with Crippen LogP contribution >= 0.6 is 0 Å². The number of hydrogen-bond acceptors (Lipinski definition) is 3. The van der Waals surface area contributed by atoms with E-state index < -0.39 is 0 Å². The van der Waals surface area contributed by atoms with Crippen molar-refractivity contribution in [3.63, 3.8) is 0 Å². The maximum Gasteiger partial charge on any atom is 0.263 e. The molecule has 23 heavy (non-hydrogen) atoms. The van der Waals surface area contributed by atoms with Crippen LogP contribution < -0.4 is 0 Å². The fourth-order valence-electron chi connectivity index (χ4n) is 2.58. The van der Waals surface area contributed by atoms with Gasteiger partial charge in [-0.2, -0.15) is 0 Å². The Labute approximate surface area is 134 Å². The Morgan fingerprint density at radius 3 is 2.87 bits per heavy atom. The second-order valence-corrected chi connectivity index (χ2v) is 5.40. The van der Waals surface area contributed by atoms with Crippen molar-refractivity contribution in [1.29, 1.82) is 0 Å². The lowest BCUT2D eigenvalue weighted by molar-refractivity contribution is -0.137. The van der Waals surface area contributed by atoms with Gasteiger partial charge in [-0.15, -0.1) is 0 Å². The molecule has 0 saturated heterocycles. The molecule has 4 nitrogen and oxygen atoms in total. The first-order chi connectivity index (χ1) is 11.2. The molecule has 0 unspecified atom stereocenters. The van der Waals surface area contributed by atoms with Crippen LogP contribution in [0.1, 0.15) is 16.7 Å². The van der Waals surface area contributed by atoms with Crippen LogP contribution in [0, 0.1) is 5.82 Å². The molecule has 1 aliphatic rings. The van der Waals surface area contributed by atoms with E-state index in [1.807, 2.05) is 18.2 Å². The largest absolute Gasteiger partial charge is 0.386 e. The van der Waals surface area contributed by atoms with Gasteiger partial charge in [0.2, 0.25) is 0 Å². The molecular weight excluding hydrogens is 295 g/mol. The molecule has 5 heteroatoms. The maximum atomic E-state index is 13.0. The molecule has 1 amide bonds. The van der Waals surface area contributed by atoms with Gasteiger partial charge in [0.25, 0.3) is 5.91 Å². The predicted molar refractivity (Wildman–Crippen MR) is 85.5 cm³/mol. The molecule has 0 spiro atoms. The first-order valence-corrected chi connectivity index (χ1v) is 7.48. The minimum Gasteiger partial charge on any atom is -0.386 e. The molecule has 118 valence electrons. The first kappa shape index (κ1) is 15.2. The number of oxime groups is 1. The van der Waals surface area contributed by atoms with Crippen molar-refractivity contribution in [2.45, 2.75) is 13.0 Å². The van der Waals surface area contributed by atoms with E-state index in [4.69, 9.17) is 4.84 Å². The van der Waals surface area contributed by atoms with Gasteiger partial charge in [0.15, 0.2) is 6.61 Å². The van der Waals surface area contributed by atoms with Gasteiger partial charge in [-0.1, -0.05) is 41.6 Å². The second-order valence-electron chi connectivity index (χ2n) is 5.40. The third kappa shape index (κ3) is 3.94. The second kappa shape index (κ2) is 7.05. The lowest BCUT2D eigenvalue weighted by Crippen LogP contribution is -2.37. The van der Waals surface area contributed by atoms with Crippen molar-refractivity contribution >= 4 is 12.1 Å². The molecule has 0 aromatic heterocycles. The van der Waals surface area contributed by atoms with Gasteiger partial charge in [0.1, 0.15) is 5.82 Å². The van der Waals surface area contributed by atoms with Crippen molar-refractivity contribution in [3.05, 3.63) is 71.0 Å². The Bertz CT molecular complexity index is 730. The zero-order valence-electron chi connectivity index (χ0n) is 12.6. The molecule has 0 aliphatic carbocycles. The monoisotopic (exact) mass is 312 g/mol. The predicted octanol–water partition coefficient (Wildman–Crippen LogP) is 2.76. The highest BCUT2D eigenvalue weighted by Crippen LogP contribution is 2.18. The summed E-state index contributed by atoms with van der Waals surface area (Å²) in [6.45, 7) is 1.17. The lowest BCUT2D eigenvalue weighted by Gasteiger charge is -2.28. The lowest BCUT2D eigenvalue weighted by atomic mass is 10.00. The standard InChI is InChI=1S/C18H17FN2O2/c19-17-7-3-4-14(10-17)11-20-23-13-18(22)21-9-8-15-5-1-2-6-16(15)12-21/h1-7,10-11H,8-9,12-13H2/b20-11-. The molecule has 1 heterocycles. The molecule has 2 aromatic carbocycles. The summed E-state index contributed by atoms with van der Waals surface area (Å²) in [5, 5.41) is 3.72. The Morgan fingerprint density at radius 1 is 1.22 bits per heavy atom. The summed E-state index contributed by atoms with van der Waals surface area (Å²) < 4.78 is 13.0. The summed E-state index contributed by atoms with van der Waals surface area (Å²) in [6, 6.07) is 14.1. The van der Waals surface area contributed by atoms with E-state index >= 15 is 0 Å². The normalized spacial score (nSPS) is 13.9. The summed E-state index contributed by atoms with van der Waals surface area (Å²) in [5.74, 6) is -0.437. The summed E-state index contributed by atoms with van der Waals surface area (Å²) in [7, 11) is 0. The van der Waals surface area contributed by atoms with Crippen LogP contribution in [-0.4, -0.2) is 30.2 Å². The molecule has 0 N–H and O–H groups in total. The number of rotatable bonds is 4. The van der Waals surface area contributed by atoms with Crippen molar-refractivity contribution in [2.75, 3.05) is 13.2 Å². The zero-order valence-corrected chi connectivity index (χ0v) is 12.6. The smallest absolute Gasteiger partial charge is 0.263 e. The summed E-state index contributed by atoms with van der Waals surface area (Å²) in [5.41, 5.74) is 3.06. The maximum absolute atomic E-state index is 13.0. The number of halogens is 1. The molecule has 0 saturated carbocycles. The molecule has 1 aliphatic heterocycles. The quantitative estimate of drug-likeness (QED) is 0.643. The number of nitrogens with zero attached hydrogens (tertiary/aromatic N) is 2. The third-order valence-electron chi connectivity index (χ3n) is 3.80. The van der Waals surface area contributed by atoms with Gasteiger partial charge >= 0.3 is 0 Å². The number of amides is 1. The third-order valence-corrected chi connectivity index (χ3v) is 3.80. The van der Waals surface area contributed by atoms with Crippen LogP contribution in [0.15, 0.2) is 53.7 Å². The van der Waals surface area contributed by atoms with Crippen LogP contribution in [0.3, 0.4) is 0 Å². The Morgan fingerprint density at radius 2 is 2.04 bits per heavy atom. The fraction of sp³-hybridized carbons (Fsp3) is 0.222. The van der Waals surface area contributed by atoms with Gasteiger partial charge in [-0.3, -0.25) is 4.79 Å². The van der Waals surface area contributed by atoms with Gasteiger partial charge in [0, 0.05) is 13.1 Å². The average molecular weight is 312 g/mol. The van der Waals surface area contributed by atoms with Gasteiger partial charge in [0.05, 0.1) is 6.21 Å². The van der Waals surface area contributed by atoms with E-state index in [0.29, 0.717) is 18.7 Å². The minimum atomic E-state index is -0.336. The minimum absolute atomic E-state index is 0.101. The van der Waals surface area contributed by atoms with Crippen LogP contribution in [0.4, 0.5) is 4.39 Å². The summed E-state index contributed by atoms with van der Waals surface area (Å²) >= 11 is 0. The number of hydrogen-bond donors (Lipinski definition) is 0. The van der Waals surface area contributed by atoms with Gasteiger partial charge in [-0.25, -0.2) is 4.39 Å². The zero-order chi connectivity index (χ0) is 16.1. The number of fused-ring (bicyclic) bond motifs is 1. The molecule has 2 aromatic rings. The van der Waals surface area contributed by atoms with Crippen molar-refractivity contribution in [2.24, 2.45) is 5.16 Å². The number of benzene rings is 2. The molecule has 0 radical (unpaired) electrons. The summed E-state index contributed by atoms with van der Waals surface area (Å²) in [6.07, 6.45) is 2.25.